The summed E-state index contributed by atoms with van der Waals surface area (Å²) in [5.41, 5.74) is 2.69. The van der Waals surface area contributed by atoms with Gasteiger partial charge >= 0.3 is 12.1 Å². The SMILES string of the molecule is CS(=O)(=O)OCC1COC(=O)C1c1ccc(N2CCN(C(=O)OCc3ccccc3)CC2)cc1. The smallest absolute Gasteiger partial charge is 0.410 e. The number of amides is 1. The standard InChI is InChI=1S/C24H28N2O7S/c1-34(29,30)33-17-20-16-31-23(27)22(20)19-7-9-21(10-8-19)25-11-13-26(14-12-25)24(28)32-15-18-5-3-2-4-6-18/h2-10,20,22H,11-17H2,1H3. The van der Waals surface area contributed by atoms with Crippen molar-refractivity contribution in [3.8, 4) is 0 Å². The molecule has 0 aliphatic carbocycles. The normalized spacial score (nSPS) is 20.8. The summed E-state index contributed by atoms with van der Waals surface area (Å²) in [5.74, 6) is -1.30. The number of piperazine rings is 1. The molecule has 0 saturated carbocycles. The summed E-state index contributed by atoms with van der Waals surface area (Å²) in [6.45, 7) is 2.71. The van der Waals surface area contributed by atoms with Crippen molar-refractivity contribution >= 4 is 27.9 Å². The van der Waals surface area contributed by atoms with E-state index in [1.54, 1.807) is 4.90 Å². The Bertz CT molecular complexity index is 1100. The van der Waals surface area contributed by atoms with Gasteiger partial charge in [0.2, 0.25) is 0 Å². The number of anilines is 1. The van der Waals surface area contributed by atoms with Gasteiger partial charge in [-0.1, -0.05) is 42.5 Å². The zero-order valence-electron chi connectivity index (χ0n) is 19.0. The molecule has 0 aromatic heterocycles. The second kappa shape index (κ2) is 10.4. The Kier molecular flexibility index (Phi) is 7.38. The van der Waals surface area contributed by atoms with Crippen molar-refractivity contribution in [3.63, 3.8) is 0 Å². The Hall–Kier alpha value is -3.11. The molecule has 182 valence electrons. The van der Waals surface area contributed by atoms with Gasteiger partial charge in [0.15, 0.2) is 0 Å². The van der Waals surface area contributed by atoms with Gasteiger partial charge in [-0.15, -0.1) is 0 Å². The molecular weight excluding hydrogens is 460 g/mol. The van der Waals surface area contributed by atoms with E-state index in [1.165, 1.54) is 0 Å². The molecule has 2 atom stereocenters. The van der Waals surface area contributed by atoms with E-state index in [4.69, 9.17) is 13.7 Å². The van der Waals surface area contributed by atoms with Crippen LogP contribution in [0.1, 0.15) is 17.0 Å². The summed E-state index contributed by atoms with van der Waals surface area (Å²) in [6.07, 6.45) is 0.665. The van der Waals surface area contributed by atoms with Crippen LogP contribution >= 0.6 is 0 Å². The Balaban J connectivity index is 1.30. The van der Waals surface area contributed by atoms with E-state index in [9.17, 15) is 18.0 Å². The van der Waals surface area contributed by atoms with Crippen LogP contribution in [0.4, 0.5) is 10.5 Å². The minimum atomic E-state index is -3.60. The third-order valence-corrected chi connectivity index (χ3v) is 6.59. The van der Waals surface area contributed by atoms with Crippen LogP contribution in [0.5, 0.6) is 0 Å². The van der Waals surface area contributed by atoms with Crippen LogP contribution in [-0.2, 0) is 35.2 Å². The molecule has 0 spiro atoms. The van der Waals surface area contributed by atoms with E-state index in [1.807, 2.05) is 54.6 Å². The Labute approximate surface area is 199 Å². The quantitative estimate of drug-likeness (QED) is 0.432. The topological polar surface area (TPSA) is 102 Å². The average molecular weight is 489 g/mol. The molecule has 2 aromatic carbocycles. The summed E-state index contributed by atoms with van der Waals surface area (Å²) < 4.78 is 38.1. The third kappa shape index (κ3) is 6.06. The summed E-state index contributed by atoms with van der Waals surface area (Å²) >= 11 is 0. The second-order valence-corrected chi connectivity index (χ2v) is 10.1. The van der Waals surface area contributed by atoms with Gasteiger partial charge in [-0.2, -0.15) is 8.42 Å². The molecule has 10 heteroatoms. The minimum absolute atomic E-state index is 0.0979. The number of rotatable bonds is 7. The molecule has 2 aromatic rings. The van der Waals surface area contributed by atoms with E-state index in [0.29, 0.717) is 26.2 Å². The van der Waals surface area contributed by atoms with Crippen molar-refractivity contribution in [2.75, 3.05) is 50.5 Å². The molecule has 2 unspecified atom stereocenters. The van der Waals surface area contributed by atoms with Crippen LogP contribution in [0.3, 0.4) is 0 Å². The summed E-state index contributed by atoms with van der Waals surface area (Å²) in [7, 11) is -3.60. The highest BCUT2D eigenvalue weighted by Gasteiger charge is 2.39. The van der Waals surface area contributed by atoms with Crippen LogP contribution in [0, 0.1) is 5.92 Å². The lowest BCUT2D eigenvalue weighted by Crippen LogP contribution is -2.48. The number of esters is 1. The van der Waals surface area contributed by atoms with Crippen LogP contribution in [0.25, 0.3) is 0 Å². The number of benzene rings is 2. The highest BCUT2D eigenvalue weighted by atomic mass is 32.2. The number of hydrogen-bond donors (Lipinski definition) is 0. The van der Waals surface area contributed by atoms with Gasteiger partial charge in [0.1, 0.15) is 6.61 Å². The molecule has 2 aliphatic rings. The Morgan fingerprint density at radius 3 is 2.35 bits per heavy atom. The van der Waals surface area contributed by atoms with Crippen molar-refractivity contribution in [2.24, 2.45) is 5.92 Å². The number of cyclic esters (lactones) is 1. The zero-order chi connectivity index (χ0) is 24.1. The monoisotopic (exact) mass is 488 g/mol. The van der Waals surface area contributed by atoms with Gasteiger partial charge in [0, 0.05) is 37.8 Å². The van der Waals surface area contributed by atoms with Crippen molar-refractivity contribution in [1.82, 2.24) is 4.90 Å². The van der Waals surface area contributed by atoms with Crippen LogP contribution in [-0.4, -0.2) is 71.0 Å². The van der Waals surface area contributed by atoms with E-state index in [-0.39, 0.29) is 37.8 Å². The number of carbonyl (C=O) groups is 2. The molecule has 1 amide bonds. The predicted molar refractivity (Wildman–Crippen MR) is 125 cm³/mol. The maximum Gasteiger partial charge on any atom is 0.410 e. The van der Waals surface area contributed by atoms with Crippen LogP contribution in [0.2, 0.25) is 0 Å². The second-order valence-electron chi connectivity index (χ2n) is 8.46. The zero-order valence-corrected chi connectivity index (χ0v) is 19.8. The van der Waals surface area contributed by atoms with Crippen LogP contribution in [0.15, 0.2) is 54.6 Å². The molecule has 9 nitrogen and oxygen atoms in total. The molecule has 0 bridgehead atoms. The van der Waals surface area contributed by atoms with Gasteiger partial charge in [0.05, 0.1) is 25.4 Å². The van der Waals surface area contributed by atoms with Gasteiger partial charge in [0.25, 0.3) is 10.1 Å². The summed E-state index contributed by atoms with van der Waals surface area (Å²) in [6, 6.07) is 17.2. The lowest BCUT2D eigenvalue weighted by Gasteiger charge is -2.35. The number of hydrogen-bond acceptors (Lipinski definition) is 8. The first-order valence-corrected chi connectivity index (χ1v) is 12.9. The minimum Gasteiger partial charge on any atom is -0.465 e. The molecule has 0 radical (unpaired) electrons. The molecule has 2 aliphatic heterocycles. The molecule has 2 saturated heterocycles. The number of carbonyl (C=O) groups excluding carboxylic acids is 2. The molecule has 2 heterocycles. The third-order valence-electron chi connectivity index (χ3n) is 6.02. The first-order valence-electron chi connectivity index (χ1n) is 11.1. The molecular formula is C24H28N2O7S. The first kappa shape index (κ1) is 24.0. The fourth-order valence-electron chi connectivity index (χ4n) is 4.18. The van der Waals surface area contributed by atoms with Gasteiger partial charge < -0.3 is 19.3 Å². The van der Waals surface area contributed by atoms with E-state index in [0.717, 1.165) is 23.1 Å². The number of nitrogens with zero attached hydrogens (tertiary/aromatic N) is 2. The Morgan fingerprint density at radius 1 is 1.03 bits per heavy atom. The maximum absolute atomic E-state index is 12.4. The summed E-state index contributed by atoms with van der Waals surface area (Å²) in [5, 5.41) is 0. The summed E-state index contributed by atoms with van der Waals surface area (Å²) in [4.78, 5) is 28.5. The molecule has 2 fully saturated rings. The van der Waals surface area contributed by atoms with Gasteiger partial charge in [-0.05, 0) is 23.3 Å². The first-order chi connectivity index (χ1) is 16.3. The molecule has 0 N–H and O–H groups in total. The highest BCUT2D eigenvalue weighted by Crippen LogP contribution is 2.33. The predicted octanol–water partition coefficient (Wildman–Crippen LogP) is 2.38. The van der Waals surface area contributed by atoms with Crippen molar-refractivity contribution < 1.29 is 31.7 Å². The largest absolute Gasteiger partial charge is 0.465 e. The van der Waals surface area contributed by atoms with Crippen molar-refractivity contribution in [1.29, 1.82) is 0 Å². The van der Waals surface area contributed by atoms with E-state index < -0.39 is 16.0 Å². The lowest BCUT2D eigenvalue weighted by atomic mass is 9.89. The van der Waals surface area contributed by atoms with Gasteiger partial charge in [-0.3, -0.25) is 8.98 Å². The van der Waals surface area contributed by atoms with Crippen molar-refractivity contribution in [2.45, 2.75) is 12.5 Å². The number of ether oxygens (including phenoxy) is 2. The Morgan fingerprint density at radius 2 is 1.71 bits per heavy atom. The lowest BCUT2D eigenvalue weighted by molar-refractivity contribution is -0.139. The van der Waals surface area contributed by atoms with Crippen LogP contribution < -0.4 is 4.90 Å². The highest BCUT2D eigenvalue weighted by molar-refractivity contribution is 7.85. The van der Waals surface area contributed by atoms with E-state index in [2.05, 4.69) is 4.90 Å². The molecule has 4 rings (SSSR count). The van der Waals surface area contributed by atoms with Gasteiger partial charge in [-0.25, -0.2) is 4.79 Å². The fourth-order valence-corrected chi connectivity index (χ4v) is 4.60. The molecule has 34 heavy (non-hydrogen) atoms. The maximum atomic E-state index is 12.4. The van der Waals surface area contributed by atoms with Crippen molar-refractivity contribution in [3.05, 3.63) is 65.7 Å². The fraction of sp³-hybridized carbons (Fsp3) is 0.417. The average Bonchev–Trinajstić information content (AvgIpc) is 3.22. The van der Waals surface area contributed by atoms with E-state index >= 15 is 0 Å².